The number of amides is 1. The van der Waals surface area contributed by atoms with Crippen molar-refractivity contribution in [3.05, 3.63) is 69.9 Å². The monoisotopic (exact) mass is 566 g/mol. The number of carbonyl (C=O) groups is 1. The summed E-state index contributed by atoms with van der Waals surface area (Å²) in [6, 6.07) is 13.0. The first-order valence-electron chi connectivity index (χ1n) is 9.18. The first kappa shape index (κ1) is 23.4. The zero-order valence-corrected chi connectivity index (χ0v) is 20.7. The second kappa shape index (κ2) is 11.4. The van der Waals surface area contributed by atoms with Gasteiger partial charge in [0.25, 0.3) is 0 Å². The number of carbonyl (C=O) groups excluding carboxylic acids is 1. The van der Waals surface area contributed by atoms with Crippen molar-refractivity contribution in [2.75, 3.05) is 18.2 Å². The molecule has 3 rings (SSSR count). The van der Waals surface area contributed by atoms with Crippen LogP contribution in [0.2, 0.25) is 0 Å². The summed E-state index contributed by atoms with van der Waals surface area (Å²) in [5, 5.41) is 11.9. The summed E-state index contributed by atoms with van der Waals surface area (Å²) in [4.78, 5) is 12.4. The SMILES string of the molecule is C=CCn1c(COc2ccccc2OC)nnc1SCC(=O)Nc1cc(Br)ccc1Br. The Kier molecular flexibility index (Phi) is 8.56. The Morgan fingerprint density at radius 3 is 2.74 bits per heavy atom. The van der Waals surface area contributed by atoms with Crippen LogP contribution in [0, 0.1) is 0 Å². The molecule has 0 unspecified atom stereocenters. The van der Waals surface area contributed by atoms with Crippen LogP contribution in [-0.2, 0) is 17.9 Å². The van der Waals surface area contributed by atoms with E-state index in [0.29, 0.717) is 34.7 Å². The largest absolute Gasteiger partial charge is 0.493 e. The van der Waals surface area contributed by atoms with Gasteiger partial charge in [0.1, 0.15) is 6.61 Å². The summed E-state index contributed by atoms with van der Waals surface area (Å²) < 4.78 is 14.7. The lowest BCUT2D eigenvalue weighted by Crippen LogP contribution is -2.15. The van der Waals surface area contributed by atoms with Crippen molar-refractivity contribution in [1.29, 1.82) is 0 Å². The van der Waals surface area contributed by atoms with Crippen LogP contribution < -0.4 is 14.8 Å². The number of hydrogen-bond acceptors (Lipinski definition) is 6. The predicted octanol–water partition coefficient (Wildman–Crippen LogP) is 5.31. The minimum absolute atomic E-state index is 0.149. The van der Waals surface area contributed by atoms with E-state index in [4.69, 9.17) is 9.47 Å². The highest BCUT2D eigenvalue weighted by molar-refractivity contribution is 9.11. The highest BCUT2D eigenvalue weighted by Gasteiger charge is 2.15. The third-order valence-corrected chi connectivity index (χ3v) is 6.22. The third-order valence-electron chi connectivity index (χ3n) is 4.07. The van der Waals surface area contributed by atoms with Gasteiger partial charge in [-0.25, -0.2) is 0 Å². The number of anilines is 1. The van der Waals surface area contributed by atoms with Gasteiger partial charge in [-0.3, -0.25) is 9.36 Å². The number of methoxy groups -OCH3 is 1. The lowest BCUT2D eigenvalue weighted by Gasteiger charge is -2.11. The fourth-order valence-corrected chi connectivity index (χ4v) is 4.11. The number of allylic oxidation sites excluding steroid dienone is 1. The minimum Gasteiger partial charge on any atom is -0.493 e. The number of benzene rings is 2. The van der Waals surface area contributed by atoms with Gasteiger partial charge in [0.2, 0.25) is 5.91 Å². The van der Waals surface area contributed by atoms with E-state index in [1.54, 1.807) is 13.2 Å². The number of ether oxygens (including phenoxy) is 2. The van der Waals surface area contributed by atoms with E-state index in [0.717, 1.165) is 8.95 Å². The molecule has 3 aromatic rings. The van der Waals surface area contributed by atoms with Crippen LogP contribution in [-0.4, -0.2) is 33.5 Å². The van der Waals surface area contributed by atoms with E-state index in [2.05, 4.69) is 54.0 Å². The summed E-state index contributed by atoms with van der Waals surface area (Å²) in [7, 11) is 1.59. The molecular weight excluding hydrogens is 548 g/mol. The van der Waals surface area contributed by atoms with Gasteiger partial charge in [-0.05, 0) is 46.3 Å². The van der Waals surface area contributed by atoms with E-state index < -0.39 is 0 Å². The quantitative estimate of drug-likeness (QED) is 0.264. The molecule has 0 spiro atoms. The average Bonchev–Trinajstić information content (AvgIpc) is 3.15. The summed E-state index contributed by atoms with van der Waals surface area (Å²) in [6.07, 6.45) is 1.75. The Hall–Kier alpha value is -2.30. The highest BCUT2D eigenvalue weighted by atomic mass is 79.9. The Balaban J connectivity index is 1.65. The summed E-state index contributed by atoms with van der Waals surface area (Å²) in [5.74, 6) is 1.92. The predicted molar refractivity (Wildman–Crippen MR) is 129 cm³/mol. The molecule has 0 radical (unpaired) electrons. The molecule has 1 aromatic heterocycles. The zero-order chi connectivity index (χ0) is 22.2. The van der Waals surface area contributed by atoms with Crippen molar-refractivity contribution in [2.24, 2.45) is 0 Å². The second-order valence-corrected chi connectivity index (χ2v) is 8.91. The van der Waals surface area contributed by atoms with Crippen LogP contribution in [0.4, 0.5) is 5.69 Å². The second-order valence-electron chi connectivity index (χ2n) is 6.20. The van der Waals surface area contributed by atoms with Crippen molar-refractivity contribution >= 4 is 55.2 Å². The van der Waals surface area contributed by atoms with Gasteiger partial charge in [-0.15, -0.1) is 16.8 Å². The lowest BCUT2D eigenvalue weighted by atomic mass is 10.3. The minimum atomic E-state index is -0.149. The molecule has 31 heavy (non-hydrogen) atoms. The summed E-state index contributed by atoms with van der Waals surface area (Å²) >= 11 is 8.14. The molecule has 0 fully saturated rings. The van der Waals surface area contributed by atoms with Gasteiger partial charge in [0.15, 0.2) is 22.5 Å². The van der Waals surface area contributed by atoms with Gasteiger partial charge in [0, 0.05) is 15.5 Å². The molecule has 0 saturated carbocycles. The maximum atomic E-state index is 12.4. The van der Waals surface area contributed by atoms with Gasteiger partial charge < -0.3 is 14.8 Å². The lowest BCUT2D eigenvalue weighted by molar-refractivity contribution is -0.113. The van der Waals surface area contributed by atoms with Crippen molar-refractivity contribution in [3.8, 4) is 11.5 Å². The smallest absolute Gasteiger partial charge is 0.234 e. The van der Waals surface area contributed by atoms with Gasteiger partial charge >= 0.3 is 0 Å². The Morgan fingerprint density at radius 2 is 2.00 bits per heavy atom. The Morgan fingerprint density at radius 1 is 1.23 bits per heavy atom. The maximum Gasteiger partial charge on any atom is 0.234 e. The van der Waals surface area contributed by atoms with E-state index in [1.807, 2.05) is 47.0 Å². The molecule has 1 N–H and O–H groups in total. The molecule has 0 aliphatic heterocycles. The maximum absolute atomic E-state index is 12.4. The van der Waals surface area contributed by atoms with Gasteiger partial charge in [-0.2, -0.15) is 0 Å². The van der Waals surface area contributed by atoms with E-state index in [-0.39, 0.29) is 18.3 Å². The molecule has 162 valence electrons. The molecule has 2 aromatic carbocycles. The fraction of sp³-hybridized carbons (Fsp3) is 0.190. The molecule has 1 heterocycles. The van der Waals surface area contributed by atoms with Crippen LogP contribution in [0.15, 0.2) is 69.2 Å². The van der Waals surface area contributed by atoms with Crippen LogP contribution in [0.5, 0.6) is 11.5 Å². The van der Waals surface area contributed by atoms with Crippen molar-refractivity contribution < 1.29 is 14.3 Å². The van der Waals surface area contributed by atoms with Crippen molar-refractivity contribution in [2.45, 2.75) is 18.3 Å². The number of nitrogens with zero attached hydrogens (tertiary/aromatic N) is 3. The van der Waals surface area contributed by atoms with Gasteiger partial charge in [-0.1, -0.05) is 45.9 Å². The van der Waals surface area contributed by atoms with Crippen LogP contribution in [0.3, 0.4) is 0 Å². The Labute approximate surface area is 201 Å². The Bertz CT molecular complexity index is 1070. The first-order valence-corrected chi connectivity index (χ1v) is 11.8. The normalized spacial score (nSPS) is 10.5. The van der Waals surface area contributed by atoms with Crippen LogP contribution in [0.1, 0.15) is 5.82 Å². The van der Waals surface area contributed by atoms with E-state index in [1.165, 1.54) is 11.8 Å². The average molecular weight is 568 g/mol. The molecule has 0 bridgehead atoms. The number of hydrogen-bond donors (Lipinski definition) is 1. The molecule has 0 aliphatic rings. The topological polar surface area (TPSA) is 78.3 Å². The molecular formula is C21H20Br2N4O3S. The van der Waals surface area contributed by atoms with E-state index >= 15 is 0 Å². The standard InChI is InChI=1S/C21H20Br2N4O3S/c1-3-10-27-19(12-30-18-7-5-4-6-17(18)29-2)25-26-21(27)31-13-20(28)24-16-11-14(22)8-9-15(16)23/h3-9,11H,1,10,12-13H2,2H3,(H,24,28). The number of nitrogens with one attached hydrogen (secondary N) is 1. The third kappa shape index (κ3) is 6.34. The molecule has 1 amide bonds. The molecule has 10 heteroatoms. The molecule has 7 nitrogen and oxygen atoms in total. The summed E-state index contributed by atoms with van der Waals surface area (Å²) in [6.45, 7) is 4.50. The number of aromatic nitrogens is 3. The first-order chi connectivity index (χ1) is 15.0. The summed E-state index contributed by atoms with van der Waals surface area (Å²) in [5.41, 5.74) is 0.693. The number of para-hydroxylation sites is 2. The number of thioether (sulfide) groups is 1. The molecule has 0 saturated heterocycles. The molecule has 0 atom stereocenters. The highest BCUT2D eigenvalue weighted by Crippen LogP contribution is 2.28. The zero-order valence-electron chi connectivity index (χ0n) is 16.7. The van der Waals surface area contributed by atoms with E-state index in [9.17, 15) is 4.79 Å². The number of rotatable bonds is 10. The van der Waals surface area contributed by atoms with Crippen LogP contribution >= 0.6 is 43.6 Å². The molecule has 0 aliphatic carbocycles. The van der Waals surface area contributed by atoms with Crippen molar-refractivity contribution in [3.63, 3.8) is 0 Å². The number of halogens is 2. The fourth-order valence-electron chi connectivity index (χ4n) is 2.64. The van der Waals surface area contributed by atoms with Crippen LogP contribution in [0.25, 0.3) is 0 Å². The van der Waals surface area contributed by atoms with Crippen molar-refractivity contribution in [1.82, 2.24) is 14.8 Å². The van der Waals surface area contributed by atoms with Gasteiger partial charge in [0.05, 0.1) is 18.6 Å².